The van der Waals surface area contributed by atoms with Crippen LogP contribution in [0.2, 0.25) is 0 Å². The van der Waals surface area contributed by atoms with E-state index in [4.69, 9.17) is 17.3 Å². The molecule has 176 valence electrons. The van der Waals surface area contributed by atoms with Crippen LogP contribution < -0.4 is 11.1 Å². The predicted molar refractivity (Wildman–Crippen MR) is 123 cm³/mol. The van der Waals surface area contributed by atoms with Crippen LogP contribution in [0.4, 0.5) is 19.0 Å². The molecule has 1 saturated carbocycles. The Labute approximate surface area is 195 Å². The number of aliphatic hydroxyl groups is 1. The standard InChI is InChI=1S/C24H26ClF3N4O/c1-14-6-18(23(33)10-22(11-23,12-25)13-29)8-19-20(14)31-15(2)32-21(19)30-9-16-4-3-5-17(7-16)24(26,27)28/h3-8,33H,9-13,29H2,1-2H3,(H,30,31,32). The van der Waals surface area contributed by atoms with Gasteiger partial charge in [0.05, 0.1) is 16.7 Å². The average molecular weight is 479 g/mol. The number of anilines is 1. The van der Waals surface area contributed by atoms with E-state index in [1.165, 1.54) is 6.07 Å². The normalized spacial score (nSPS) is 22.9. The Hall–Kier alpha value is -2.42. The first-order valence-electron chi connectivity index (χ1n) is 10.7. The van der Waals surface area contributed by atoms with Crippen molar-refractivity contribution in [1.29, 1.82) is 0 Å². The summed E-state index contributed by atoms with van der Waals surface area (Å²) in [6.45, 7) is 4.23. The zero-order valence-electron chi connectivity index (χ0n) is 18.4. The maximum absolute atomic E-state index is 13.1. The van der Waals surface area contributed by atoms with E-state index in [1.54, 1.807) is 13.0 Å². The van der Waals surface area contributed by atoms with Crippen LogP contribution in [0.5, 0.6) is 0 Å². The summed E-state index contributed by atoms with van der Waals surface area (Å²) in [6.07, 6.45) is -3.48. The summed E-state index contributed by atoms with van der Waals surface area (Å²) >= 11 is 6.09. The molecule has 0 saturated heterocycles. The Morgan fingerprint density at radius 1 is 1.15 bits per heavy atom. The van der Waals surface area contributed by atoms with Crippen LogP contribution in [0, 0.1) is 19.3 Å². The van der Waals surface area contributed by atoms with Gasteiger partial charge in [-0.2, -0.15) is 13.2 Å². The van der Waals surface area contributed by atoms with Gasteiger partial charge in [0.1, 0.15) is 11.6 Å². The zero-order chi connectivity index (χ0) is 24.0. The second-order valence-electron chi connectivity index (χ2n) is 9.08. The van der Waals surface area contributed by atoms with Crippen LogP contribution in [-0.4, -0.2) is 27.5 Å². The van der Waals surface area contributed by atoms with Crippen molar-refractivity contribution in [2.24, 2.45) is 11.1 Å². The molecule has 3 aromatic rings. The fourth-order valence-corrected chi connectivity index (χ4v) is 4.95. The first-order chi connectivity index (χ1) is 15.5. The highest BCUT2D eigenvalue weighted by Gasteiger charge is 2.53. The third-order valence-electron chi connectivity index (χ3n) is 6.41. The number of rotatable bonds is 6. The largest absolute Gasteiger partial charge is 0.416 e. The molecule has 0 atom stereocenters. The SMILES string of the molecule is Cc1nc(NCc2cccc(C(F)(F)F)c2)c2cc(C3(O)CC(CN)(CCl)C3)cc(C)c2n1. The van der Waals surface area contributed by atoms with Gasteiger partial charge in [0, 0.05) is 23.2 Å². The number of alkyl halides is 4. The van der Waals surface area contributed by atoms with Gasteiger partial charge in [0.25, 0.3) is 0 Å². The average Bonchev–Trinajstić information content (AvgIpc) is 2.75. The van der Waals surface area contributed by atoms with Gasteiger partial charge in [0.2, 0.25) is 0 Å². The van der Waals surface area contributed by atoms with Crippen LogP contribution in [0.3, 0.4) is 0 Å². The summed E-state index contributed by atoms with van der Waals surface area (Å²) < 4.78 is 39.2. The fourth-order valence-electron chi connectivity index (χ4n) is 4.65. The topological polar surface area (TPSA) is 84.1 Å². The van der Waals surface area contributed by atoms with Crippen molar-refractivity contribution in [3.8, 4) is 0 Å². The van der Waals surface area contributed by atoms with Crippen LogP contribution in [-0.2, 0) is 18.3 Å². The summed E-state index contributed by atoms with van der Waals surface area (Å²) in [5.74, 6) is 1.42. The molecule has 0 spiro atoms. The first kappa shape index (κ1) is 23.7. The smallest absolute Gasteiger partial charge is 0.385 e. The number of aromatic nitrogens is 2. The van der Waals surface area contributed by atoms with Crippen molar-refractivity contribution in [2.75, 3.05) is 17.7 Å². The van der Waals surface area contributed by atoms with Gasteiger partial charge in [-0.05, 0) is 68.1 Å². The summed E-state index contributed by atoms with van der Waals surface area (Å²) in [5, 5.41) is 15.1. The first-order valence-corrected chi connectivity index (χ1v) is 11.2. The van der Waals surface area contributed by atoms with E-state index >= 15 is 0 Å². The van der Waals surface area contributed by atoms with E-state index in [1.807, 2.05) is 19.1 Å². The van der Waals surface area contributed by atoms with Crippen molar-refractivity contribution < 1.29 is 18.3 Å². The van der Waals surface area contributed by atoms with Gasteiger partial charge in [-0.1, -0.05) is 18.2 Å². The van der Waals surface area contributed by atoms with Gasteiger partial charge in [0.15, 0.2) is 0 Å². The van der Waals surface area contributed by atoms with E-state index in [-0.39, 0.29) is 12.0 Å². The zero-order valence-corrected chi connectivity index (χ0v) is 19.2. The molecule has 1 fully saturated rings. The predicted octanol–water partition coefficient (Wildman–Crippen LogP) is 5.04. The molecule has 0 bridgehead atoms. The van der Waals surface area contributed by atoms with Gasteiger partial charge < -0.3 is 16.2 Å². The van der Waals surface area contributed by atoms with Crippen molar-refractivity contribution >= 4 is 28.3 Å². The number of aryl methyl sites for hydroxylation is 2. The Morgan fingerprint density at radius 3 is 2.52 bits per heavy atom. The lowest BCUT2D eigenvalue weighted by Crippen LogP contribution is -2.54. The second kappa shape index (κ2) is 8.42. The molecule has 1 aliphatic rings. The van der Waals surface area contributed by atoms with E-state index in [2.05, 4.69) is 15.3 Å². The Morgan fingerprint density at radius 2 is 1.88 bits per heavy atom. The summed E-state index contributed by atoms with van der Waals surface area (Å²) in [7, 11) is 0. The Balaban J connectivity index is 1.68. The lowest BCUT2D eigenvalue weighted by Gasteiger charge is -2.52. The van der Waals surface area contributed by atoms with E-state index in [0.29, 0.717) is 47.9 Å². The van der Waals surface area contributed by atoms with Crippen molar-refractivity contribution in [3.05, 3.63) is 64.5 Å². The molecule has 0 amide bonds. The maximum Gasteiger partial charge on any atom is 0.416 e. The van der Waals surface area contributed by atoms with Crippen molar-refractivity contribution in [1.82, 2.24) is 9.97 Å². The molecule has 1 heterocycles. The molecular weight excluding hydrogens is 453 g/mol. The highest BCUT2D eigenvalue weighted by Crippen LogP contribution is 2.54. The van der Waals surface area contributed by atoms with Crippen LogP contribution in [0.1, 0.15) is 40.9 Å². The number of nitrogens with two attached hydrogens (primary N) is 1. The summed E-state index contributed by atoms with van der Waals surface area (Å²) in [4.78, 5) is 9.03. The van der Waals surface area contributed by atoms with Gasteiger partial charge >= 0.3 is 6.18 Å². The lowest BCUT2D eigenvalue weighted by molar-refractivity contribution is -0.137. The number of nitrogens with one attached hydrogen (secondary N) is 1. The molecule has 4 N–H and O–H groups in total. The molecule has 33 heavy (non-hydrogen) atoms. The van der Waals surface area contributed by atoms with Crippen LogP contribution >= 0.6 is 11.6 Å². The van der Waals surface area contributed by atoms with Crippen molar-refractivity contribution in [3.63, 3.8) is 0 Å². The Kier molecular flexibility index (Phi) is 6.05. The van der Waals surface area contributed by atoms with Gasteiger partial charge in [-0.15, -0.1) is 11.6 Å². The molecule has 0 aliphatic heterocycles. The minimum Gasteiger partial charge on any atom is -0.385 e. The van der Waals surface area contributed by atoms with Crippen LogP contribution in [0.15, 0.2) is 36.4 Å². The molecule has 5 nitrogen and oxygen atoms in total. The molecule has 0 unspecified atom stereocenters. The summed E-state index contributed by atoms with van der Waals surface area (Å²) in [5.41, 5.74) is 6.66. The van der Waals surface area contributed by atoms with E-state index < -0.39 is 17.3 Å². The molecule has 2 aromatic carbocycles. The minimum atomic E-state index is -4.40. The molecule has 0 radical (unpaired) electrons. The number of hydrogen-bond donors (Lipinski definition) is 3. The second-order valence-corrected chi connectivity index (χ2v) is 9.35. The number of nitrogens with zero attached hydrogens (tertiary/aromatic N) is 2. The third-order valence-corrected chi connectivity index (χ3v) is 6.97. The lowest BCUT2D eigenvalue weighted by atomic mass is 9.57. The molecular formula is C24H26ClF3N4O. The molecule has 1 aromatic heterocycles. The number of fused-ring (bicyclic) bond motifs is 1. The minimum absolute atomic E-state index is 0.158. The quantitative estimate of drug-likeness (QED) is 0.432. The van der Waals surface area contributed by atoms with E-state index in [9.17, 15) is 18.3 Å². The Bertz CT molecular complexity index is 1190. The number of halogens is 4. The fraction of sp³-hybridized carbons (Fsp3) is 0.417. The number of hydrogen-bond acceptors (Lipinski definition) is 5. The monoisotopic (exact) mass is 478 g/mol. The molecule has 9 heteroatoms. The van der Waals surface area contributed by atoms with E-state index in [0.717, 1.165) is 28.8 Å². The van der Waals surface area contributed by atoms with Crippen molar-refractivity contribution in [2.45, 2.75) is 45.0 Å². The highest BCUT2D eigenvalue weighted by molar-refractivity contribution is 6.18. The maximum atomic E-state index is 13.1. The molecule has 4 rings (SSSR count). The van der Waals surface area contributed by atoms with Gasteiger partial charge in [-0.25, -0.2) is 9.97 Å². The highest BCUT2D eigenvalue weighted by atomic mass is 35.5. The molecule has 1 aliphatic carbocycles. The third kappa shape index (κ3) is 4.52. The number of benzene rings is 2. The summed E-state index contributed by atoms with van der Waals surface area (Å²) in [6, 6.07) is 8.95. The van der Waals surface area contributed by atoms with Crippen LogP contribution in [0.25, 0.3) is 10.9 Å². The van der Waals surface area contributed by atoms with Gasteiger partial charge in [-0.3, -0.25) is 0 Å².